The van der Waals surface area contributed by atoms with Crippen molar-refractivity contribution in [3.8, 4) is 5.75 Å². The molecule has 1 unspecified atom stereocenters. The molecule has 0 saturated heterocycles. The number of phenols is 1. The van der Waals surface area contributed by atoms with Gasteiger partial charge in [0.2, 0.25) is 0 Å². The molecule has 0 fully saturated rings. The standard InChI is InChI=1S/C22H30FNO/c1-21(2,3)17-12-15(13-18(20(17)25)22(4,5)6)19(24-7)14-8-10-16(23)11-9-14/h8-13,19,24-25H,1-7H3. The van der Waals surface area contributed by atoms with Crippen LogP contribution in [0.3, 0.4) is 0 Å². The van der Waals surface area contributed by atoms with Gasteiger partial charge >= 0.3 is 0 Å². The molecule has 3 heteroatoms. The van der Waals surface area contributed by atoms with E-state index in [1.165, 1.54) is 12.1 Å². The van der Waals surface area contributed by atoms with E-state index in [9.17, 15) is 9.50 Å². The minimum atomic E-state index is -0.241. The predicted octanol–water partition coefficient (Wildman–Crippen LogP) is 5.44. The van der Waals surface area contributed by atoms with Gasteiger partial charge < -0.3 is 10.4 Å². The highest BCUT2D eigenvalue weighted by atomic mass is 19.1. The summed E-state index contributed by atoms with van der Waals surface area (Å²) in [5, 5.41) is 14.2. The highest BCUT2D eigenvalue weighted by Gasteiger charge is 2.28. The van der Waals surface area contributed by atoms with Gasteiger partial charge in [-0.2, -0.15) is 0 Å². The Kier molecular flexibility index (Phi) is 5.29. The molecule has 2 nitrogen and oxygen atoms in total. The van der Waals surface area contributed by atoms with E-state index in [0.717, 1.165) is 22.3 Å². The first kappa shape index (κ1) is 19.5. The molecule has 0 amide bonds. The molecule has 0 bridgehead atoms. The zero-order chi connectivity index (χ0) is 19.0. The first-order valence-corrected chi connectivity index (χ1v) is 8.75. The maximum Gasteiger partial charge on any atom is 0.123 e. The molecule has 2 aromatic carbocycles. The molecule has 0 aliphatic carbocycles. The van der Waals surface area contributed by atoms with Crippen LogP contribution >= 0.6 is 0 Å². The molecule has 0 spiro atoms. The van der Waals surface area contributed by atoms with Gasteiger partial charge in [0, 0.05) is 0 Å². The van der Waals surface area contributed by atoms with Crippen LogP contribution in [0.5, 0.6) is 5.75 Å². The fourth-order valence-corrected chi connectivity index (χ4v) is 3.15. The summed E-state index contributed by atoms with van der Waals surface area (Å²) in [5.74, 6) is 0.132. The van der Waals surface area contributed by atoms with E-state index in [4.69, 9.17) is 0 Å². The number of phenolic OH excluding ortho intramolecular Hbond substituents is 1. The van der Waals surface area contributed by atoms with Gasteiger partial charge in [0.05, 0.1) is 6.04 Å². The SMILES string of the molecule is CNC(c1ccc(F)cc1)c1cc(C(C)(C)C)c(O)c(C(C)(C)C)c1. The summed E-state index contributed by atoms with van der Waals surface area (Å²) in [4.78, 5) is 0. The van der Waals surface area contributed by atoms with Gasteiger partial charge in [0.25, 0.3) is 0 Å². The van der Waals surface area contributed by atoms with Gasteiger partial charge in [-0.15, -0.1) is 0 Å². The van der Waals surface area contributed by atoms with Crippen LogP contribution in [0.4, 0.5) is 4.39 Å². The first-order valence-electron chi connectivity index (χ1n) is 8.75. The van der Waals surface area contributed by atoms with E-state index in [0.29, 0.717) is 5.75 Å². The van der Waals surface area contributed by atoms with Crippen molar-refractivity contribution in [2.24, 2.45) is 0 Å². The molecular weight excluding hydrogens is 313 g/mol. The maximum absolute atomic E-state index is 13.3. The van der Waals surface area contributed by atoms with Crippen LogP contribution in [0.1, 0.15) is 69.8 Å². The first-order chi connectivity index (χ1) is 11.4. The van der Waals surface area contributed by atoms with Crippen LogP contribution in [-0.2, 0) is 10.8 Å². The van der Waals surface area contributed by atoms with Gasteiger partial charge in [-0.05, 0) is 64.4 Å². The Balaban J connectivity index is 2.69. The van der Waals surface area contributed by atoms with Gasteiger partial charge in [-0.1, -0.05) is 53.7 Å². The number of hydrogen-bond acceptors (Lipinski definition) is 2. The molecule has 136 valence electrons. The third kappa shape index (κ3) is 4.21. The highest BCUT2D eigenvalue weighted by molar-refractivity contribution is 5.51. The lowest BCUT2D eigenvalue weighted by atomic mass is 9.77. The molecule has 0 heterocycles. The fraction of sp³-hybridized carbons (Fsp3) is 0.455. The van der Waals surface area contributed by atoms with Gasteiger partial charge in [-0.25, -0.2) is 4.39 Å². The maximum atomic E-state index is 13.3. The van der Waals surface area contributed by atoms with Crippen LogP contribution in [0.2, 0.25) is 0 Å². The number of benzene rings is 2. The second kappa shape index (κ2) is 6.80. The van der Waals surface area contributed by atoms with E-state index < -0.39 is 0 Å². The lowest BCUT2D eigenvalue weighted by molar-refractivity contribution is 0.422. The van der Waals surface area contributed by atoms with Crippen LogP contribution in [0.15, 0.2) is 36.4 Å². The second-order valence-electron chi connectivity index (χ2n) is 8.74. The lowest BCUT2D eigenvalue weighted by Crippen LogP contribution is -2.22. The molecule has 1 atom stereocenters. The Bertz CT molecular complexity index is 701. The molecule has 0 saturated carbocycles. The average Bonchev–Trinajstić information content (AvgIpc) is 2.48. The van der Waals surface area contributed by atoms with E-state index in [1.807, 2.05) is 7.05 Å². The Morgan fingerprint density at radius 2 is 1.28 bits per heavy atom. The van der Waals surface area contributed by atoms with Gasteiger partial charge in [-0.3, -0.25) is 0 Å². The van der Waals surface area contributed by atoms with Crippen molar-refractivity contribution in [1.29, 1.82) is 0 Å². The molecule has 2 aromatic rings. The molecule has 25 heavy (non-hydrogen) atoms. The Labute approximate surface area is 151 Å². The number of halogens is 1. The van der Waals surface area contributed by atoms with E-state index in [1.54, 1.807) is 12.1 Å². The number of nitrogens with one attached hydrogen (secondary N) is 1. The van der Waals surface area contributed by atoms with Crippen molar-refractivity contribution in [1.82, 2.24) is 5.32 Å². The third-order valence-corrected chi connectivity index (χ3v) is 4.57. The smallest absolute Gasteiger partial charge is 0.123 e. The zero-order valence-electron chi connectivity index (χ0n) is 16.4. The zero-order valence-corrected chi connectivity index (χ0v) is 16.4. The quantitative estimate of drug-likeness (QED) is 0.778. The largest absolute Gasteiger partial charge is 0.507 e. The number of rotatable bonds is 3. The normalized spacial score (nSPS) is 13.8. The minimum Gasteiger partial charge on any atom is -0.507 e. The molecule has 0 aliphatic rings. The van der Waals surface area contributed by atoms with E-state index >= 15 is 0 Å². The summed E-state index contributed by atoms with van der Waals surface area (Å²) >= 11 is 0. The summed E-state index contributed by atoms with van der Waals surface area (Å²) in [5.41, 5.74) is 3.56. The van der Waals surface area contributed by atoms with Crippen molar-refractivity contribution in [2.75, 3.05) is 7.05 Å². The number of aromatic hydroxyl groups is 1. The molecule has 2 N–H and O–H groups in total. The third-order valence-electron chi connectivity index (χ3n) is 4.57. The molecule has 0 aliphatic heterocycles. The van der Waals surface area contributed by atoms with Crippen LogP contribution in [0, 0.1) is 5.82 Å². The lowest BCUT2D eigenvalue weighted by Gasteiger charge is -2.30. The molecular formula is C22H30FNO. The Morgan fingerprint density at radius 3 is 1.64 bits per heavy atom. The summed E-state index contributed by atoms with van der Waals surface area (Å²) in [7, 11) is 1.90. The molecule has 0 aromatic heterocycles. The Hall–Kier alpha value is -1.87. The van der Waals surface area contributed by atoms with Crippen molar-refractivity contribution >= 4 is 0 Å². The highest BCUT2D eigenvalue weighted by Crippen LogP contribution is 2.41. The summed E-state index contributed by atoms with van der Waals surface area (Å²) < 4.78 is 13.3. The Morgan fingerprint density at radius 1 is 0.840 bits per heavy atom. The van der Waals surface area contributed by atoms with Gasteiger partial charge in [0.1, 0.15) is 11.6 Å². The minimum absolute atomic E-state index is 0.0663. The van der Waals surface area contributed by atoms with Crippen molar-refractivity contribution in [3.05, 3.63) is 64.5 Å². The van der Waals surface area contributed by atoms with Gasteiger partial charge in [0.15, 0.2) is 0 Å². The summed E-state index contributed by atoms with van der Waals surface area (Å²) in [6, 6.07) is 10.6. The van der Waals surface area contributed by atoms with Crippen LogP contribution in [-0.4, -0.2) is 12.2 Å². The van der Waals surface area contributed by atoms with E-state index in [-0.39, 0.29) is 22.7 Å². The summed E-state index contributed by atoms with van der Waals surface area (Å²) in [6.07, 6.45) is 0. The van der Waals surface area contributed by atoms with Crippen molar-refractivity contribution < 1.29 is 9.50 Å². The second-order valence-corrected chi connectivity index (χ2v) is 8.74. The summed E-state index contributed by atoms with van der Waals surface area (Å²) in [6.45, 7) is 12.6. The monoisotopic (exact) mass is 343 g/mol. The average molecular weight is 343 g/mol. The van der Waals surface area contributed by atoms with E-state index in [2.05, 4.69) is 59.0 Å². The van der Waals surface area contributed by atoms with Crippen molar-refractivity contribution in [3.63, 3.8) is 0 Å². The predicted molar refractivity (Wildman–Crippen MR) is 103 cm³/mol. The molecule has 0 radical (unpaired) electrons. The topological polar surface area (TPSA) is 32.3 Å². The van der Waals surface area contributed by atoms with Crippen LogP contribution < -0.4 is 5.32 Å². The van der Waals surface area contributed by atoms with Crippen LogP contribution in [0.25, 0.3) is 0 Å². The van der Waals surface area contributed by atoms with Crippen molar-refractivity contribution in [2.45, 2.75) is 58.4 Å². The fourth-order valence-electron chi connectivity index (χ4n) is 3.15. The number of hydrogen-bond donors (Lipinski definition) is 2. The molecule has 2 rings (SSSR count).